The van der Waals surface area contributed by atoms with Crippen LogP contribution in [-0.2, 0) is 4.74 Å². The van der Waals surface area contributed by atoms with Crippen LogP contribution in [-0.4, -0.2) is 45.3 Å². The number of nitrogens with one attached hydrogen (secondary N) is 1. The Bertz CT molecular complexity index is 509. The smallest absolute Gasteiger partial charge is 0.199 e. The first-order valence-electron chi connectivity index (χ1n) is 5.87. The zero-order valence-electron chi connectivity index (χ0n) is 10.9. The predicted octanol–water partition coefficient (Wildman–Crippen LogP) is 0.994. The maximum atomic E-state index is 5.11. The summed E-state index contributed by atoms with van der Waals surface area (Å²) in [4.78, 5) is 4.10. The number of methoxy groups -OCH3 is 1. The number of nitrogens with zero attached hydrogens (tertiary/aromatic N) is 5. The van der Waals surface area contributed by atoms with Crippen molar-refractivity contribution in [3.05, 3.63) is 12.4 Å². The highest BCUT2D eigenvalue weighted by atomic mass is 16.5. The average molecular weight is 250 g/mol. The Hall–Kier alpha value is -1.76. The summed E-state index contributed by atoms with van der Waals surface area (Å²) < 4.78 is 6.75. The molecule has 7 nitrogen and oxygen atoms in total. The summed E-state index contributed by atoms with van der Waals surface area (Å²) in [6.45, 7) is 5.93. The number of fused-ring (bicyclic) bond motifs is 1. The van der Waals surface area contributed by atoms with Gasteiger partial charge in [0.25, 0.3) is 0 Å². The molecule has 18 heavy (non-hydrogen) atoms. The molecular weight excluding hydrogens is 232 g/mol. The third-order valence-corrected chi connectivity index (χ3v) is 2.84. The highest BCUT2D eigenvalue weighted by Gasteiger charge is 2.18. The third kappa shape index (κ3) is 2.92. The molecule has 0 aliphatic rings. The van der Waals surface area contributed by atoms with Crippen LogP contribution in [0.3, 0.4) is 0 Å². The molecule has 0 radical (unpaired) electrons. The fourth-order valence-electron chi connectivity index (χ4n) is 1.59. The van der Waals surface area contributed by atoms with Gasteiger partial charge in [0.1, 0.15) is 5.82 Å². The molecule has 0 bridgehead atoms. The minimum atomic E-state index is 0.131. The molecule has 0 aliphatic carbocycles. The minimum Gasteiger partial charge on any atom is -0.385 e. The highest BCUT2D eigenvalue weighted by Crippen LogP contribution is 2.20. The fraction of sp³-hybridized carbons (Fsp3) is 0.636. The largest absolute Gasteiger partial charge is 0.385 e. The molecule has 0 saturated heterocycles. The summed E-state index contributed by atoms with van der Waals surface area (Å²) in [6.07, 6.45) is 4.33. The molecule has 2 aromatic rings. The molecule has 0 saturated carbocycles. The summed E-state index contributed by atoms with van der Waals surface area (Å²) in [5, 5.41) is 14.7. The van der Waals surface area contributed by atoms with Crippen LogP contribution in [0.4, 0.5) is 5.82 Å². The molecule has 0 atom stereocenters. The number of aromatic nitrogens is 5. The molecule has 0 unspecified atom stereocenters. The van der Waals surface area contributed by atoms with E-state index in [9.17, 15) is 0 Å². The molecule has 1 N–H and O–H groups in total. The summed E-state index contributed by atoms with van der Waals surface area (Å²) in [5.74, 6) is 0.794. The van der Waals surface area contributed by atoms with Crippen LogP contribution >= 0.6 is 0 Å². The SMILES string of the molecule is COCCC(C)(C)CNc1cncc2nnnn12. The Morgan fingerprint density at radius 2 is 2.22 bits per heavy atom. The molecule has 98 valence electrons. The molecule has 7 heteroatoms. The van der Waals surface area contributed by atoms with Crippen molar-refractivity contribution in [2.75, 3.05) is 25.6 Å². The lowest BCUT2D eigenvalue weighted by molar-refractivity contribution is 0.157. The van der Waals surface area contributed by atoms with E-state index in [2.05, 4.69) is 39.7 Å². The van der Waals surface area contributed by atoms with Gasteiger partial charge in [-0.2, -0.15) is 4.52 Å². The zero-order chi connectivity index (χ0) is 13.0. The summed E-state index contributed by atoms with van der Waals surface area (Å²) in [6, 6.07) is 0. The van der Waals surface area contributed by atoms with Gasteiger partial charge in [-0.25, -0.2) is 0 Å². The van der Waals surface area contributed by atoms with E-state index in [0.717, 1.165) is 25.4 Å². The number of hydrogen-bond donors (Lipinski definition) is 1. The maximum absolute atomic E-state index is 5.11. The van der Waals surface area contributed by atoms with Gasteiger partial charge in [-0.3, -0.25) is 4.98 Å². The standard InChI is InChI=1S/C11H18N6O/c1-11(2,4-5-18-3)8-13-9-6-12-7-10-14-15-16-17(9)10/h6-7,13H,4-5,8H2,1-3H3. The highest BCUT2D eigenvalue weighted by molar-refractivity contribution is 5.43. The Morgan fingerprint density at radius 3 is 3.00 bits per heavy atom. The number of tetrazole rings is 1. The number of anilines is 1. The Kier molecular flexibility index (Phi) is 3.71. The Labute approximate surface area is 106 Å². The van der Waals surface area contributed by atoms with Gasteiger partial charge in [-0.1, -0.05) is 13.8 Å². The molecule has 2 aromatic heterocycles. The lowest BCUT2D eigenvalue weighted by Crippen LogP contribution is -2.25. The van der Waals surface area contributed by atoms with Gasteiger partial charge < -0.3 is 10.1 Å². The molecule has 0 amide bonds. The Balaban J connectivity index is 2.03. The van der Waals surface area contributed by atoms with Crippen molar-refractivity contribution in [3.63, 3.8) is 0 Å². The number of hydrogen-bond acceptors (Lipinski definition) is 6. The van der Waals surface area contributed by atoms with E-state index in [4.69, 9.17) is 4.74 Å². The van der Waals surface area contributed by atoms with Crippen molar-refractivity contribution < 1.29 is 4.74 Å². The van der Waals surface area contributed by atoms with E-state index in [0.29, 0.717) is 5.65 Å². The van der Waals surface area contributed by atoms with E-state index in [-0.39, 0.29) is 5.41 Å². The fourth-order valence-corrected chi connectivity index (χ4v) is 1.59. The van der Waals surface area contributed by atoms with Crippen molar-refractivity contribution in [1.29, 1.82) is 0 Å². The lowest BCUT2D eigenvalue weighted by atomic mass is 9.90. The van der Waals surface area contributed by atoms with Crippen LogP contribution in [0.5, 0.6) is 0 Å². The van der Waals surface area contributed by atoms with Gasteiger partial charge in [-0.15, -0.1) is 5.10 Å². The number of rotatable bonds is 6. The topological polar surface area (TPSA) is 77.2 Å². The van der Waals surface area contributed by atoms with Gasteiger partial charge in [0, 0.05) is 20.3 Å². The first-order valence-corrected chi connectivity index (χ1v) is 5.87. The van der Waals surface area contributed by atoms with E-state index < -0.39 is 0 Å². The van der Waals surface area contributed by atoms with Crippen LogP contribution in [0, 0.1) is 5.41 Å². The summed E-state index contributed by atoms with van der Waals surface area (Å²) >= 11 is 0. The van der Waals surface area contributed by atoms with Crippen molar-refractivity contribution in [3.8, 4) is 0 Å². The number of ether oxygens (including phenoxy) is 1. The molecule has 0 aliphatic heterocycles. The van der Waals surface area contributed by atoms with Crippen LogP contribution in [0.2, 0.25) is 0 Å². The maximum Gasteiger partial charge on any atom is 0.199 e. The first-order chi connectivity index (χ1) is 8.62. The molecule has 2 rings (SSSR count). The summed E-state index contributed by atoms with van der Waals surface area (Å²) in [5.41, 5.74) is 0.765. The molecule has 2 heterocycles. The van der Waals surface area contributed by atoms with E-state index in [1.165, 1.54) is 0 Å². The van der Waals surface area contributed by atoms with Gasteiger partial charge in [0.05, 0.1) is 12.4 Å². The quantitative estimate of drug-likeness (QED) is 0.824. The normalized spacial score (nSPS) is 11.9. The summed E-state index contributed by atoms with van der Waals surface area (Å²) in [7, 11) is 1.72. The molecular formula is C11H18N6O. The van der Waals surface area contributed by atoms with Crippen LogP contribution in [0.25, 0.3) is 5.65 Å². The van der Waals surface area contributed by atoms with Crippen molar-refractivity contribution in [2.24, 2.45) is 5.41 Å². The van der Waals surface area contributed by atoms with Crippen LogP contribution in [0.15, 0.2) is 12.4 Å². The second kappa shape index (κ2) is 5.26. The molecule has 0 spiro atoms. The lowest BCUT2D eigenvalue weighted by Gasteiger charge is -2.24. The second-order valence-corrected chi connectivity index (χ2v) is 5.00. The van der Waals surface area contributed by atoms with Crippen LogP contribution < -0.4 is 5.32 Å². The average Bonchev–Trinajstić information content (AvgIpc) is 2.82. The van der Waals surface area contributed by atoms with Crippen molar-refractivity contribution in [2.45, 2.75) is 20.3 Å². The van der Waals surface area contributed by atoms with Gasteiger partial charge in [-0.05, 0) is 22.3 Å². The minimum absolute atomic E-state index is 0.131. The Morgan fingerprint density at radius 1 is 1.39 bits per heavy atom. The van der Waals surface area contributed by atoms with Gasteiger partial charge >= 0.3 is 0 Å². The second-order valence-electron chi connectivity index (χ2n) is 5.00. The van der Waals surface area contributed by atoms with Crippen molar-refractivity contribution >= 4 is 11.5 Å². The van der Waals surface area contributed by atoms with Crippen LogP contribution in [0.1, 0.15) is 20.3 Å². The predicted molar refractivity (Wildman–Crippen MR) is 67.3 cm³/mol. The first kappa shape index (κ1) is 12.7. The monoisotopic (exact) mass is 250 g/mol. The van der Waals surface area contributed by atoms with E-state index in [1.807, 2.05) is 0 Å². The van der Waals surface area contributed by atoms with Gasteiger partial charge in [0.15, 0.2) is 5.65 Å². The van der Waals surface area contributed by atoms with E-state index in [1.54, 1.807) is 24.0 Å². The third-order valence-electron chi connectivity index (χ3n) is 2.84. The molecule has 0 aromatic carbocycles. The van der Waals surface area contributed by atoms with Crippen molar-refractivity contribution in [1.82, 2.24) is 25.0 Å². The van der Waals surface area contributed by atoms with E-state index >= 15 is 0 Å². The molecule has 0 fully saturated rings. The van der Waals surface area contributed by atoms with Gasteiger partial charge in [0.2, 0.25) is 0 Å². The zero-order valence-corrected chi connectivity index (χ0v) is 10.9.